The Morgan fingerprint density at radius 2 is 2.38 bits per heavy atom. The lowest BCUT2D eigenvalue weighted by molar-refractivity contribution is 0.576. The van der Waals surface area contributed by atoms with Crippen molar-refractivity contribution in [3.63, 3.8) is 0 Å². The number of nitriles is 1. The summed E-state index contributed by atoms with van der Waals surface area (Å²) in [5.74, 6) is 0.565. The van der Waals surface area contributed by atoms with E-state index in [1.54, 1.807) is 24.1 Å². The molecule has 88 valence electrons. The smallest absolute Gasteiger partial charge is 0.227 e. The van der Waals surface area contributed by atoms with Gasteiger partial charge in [0.2, 0.25) is 10.0 Å². The number of nitrogens with one attached hydrogen (secondary N) is 1. The first kappa shape index (κ1) is 12.6. The van der Waals surface area contributed by atoms with Gasteiger partial charge in [0.25, 0.3) is 0 Å². The predicted octanol–water partition coefficient (Wildman–Crippen LogP) is -0.811. The van der Waals surface area contributed by atoms with Crippen LogP contribution in [0, 0.1) is 11.3 Å². The van der Waals surface area contributed by atoms with Gasteiger partial charge in [-0.3, -0.25) is 4.68 Å². The topological polar surface area (TPSA) is 101 Å². The zero-order chi connectivity index (χ0) is 12.2. The van der Waals surface area contributed by atoms with Crippen LogP contribution in [0.2, 0.25) is 0 Å². The highest BCUT2D eigenvalue weighted by Gasteiger charge is 2.19. The molecule has 1 rings (SSSR count). The molecule has 1 aromatic heterocycles. The van der Waals surface area contributed by atoms with Crippen molar-refractivity contribution in [3.05, 3.63) is 12.2 Å². The van der Waals surface area contributed by atoms with E-state index in [2.05, 4.69) is 14.8 Å². The van der Waals surface area contributed by atoms with E-state index in [9.17, 15) is 8.42 Å². The van der Waals surface area contributed by atoms with Crippen LogP contribution in [0.4, 0.5) is 0 Å². The van der Waals surface area contributed by atoms with E-state index in [4.69, 9.17) is 5.26 Å². The van der Waals surface area contributed by atoms with Gasteiger partial charge in [0.1, 0.15) is 6.33 Å². The Bertz CT molecular complexity index is 487. The molecule has 1 N–H and O–H groups in total. The summed E-state index contributed by atoms with van der Waals surface area (Å²) in [7, 11) is -1.81. The molecule has 1 atom stereocenters. The van der Waals surface area contributed by atoms with Crippen LogP contribution in [0.25, 0.3) is 0 Å². The molecule has 7 nitrogen and oxygen atoms in total. The highest BCUT2D eigenvalue weighted by molar-refractivity contribution is 7.90. The fourth-order valence-corrected chi connectivity index (χ4v) is 1.77. The molecule has 0 aliphatic heterocycles. The number of hydrogen-bond acceptors (Lipinski definition) is 5. The first-order valence-corrected chi connectivity index (χ1v) is 6.23. The third-order valence-electron chi connectivity index (χ3n) is 1.95. The van der Waals surface area contributed by atoms with Crippen molar-refractivity contribution in [2.24, 2.45) is 7.05 Å². The lowest BCUT2D eigenvalue weighted by Gasteiger charge is -2.06. The lowest BCUT2D eigenvalue weighted by Crippen LogP contribution is -2.33. The van der Waals surface area contributed by atoms with Crippen molar-refractivity contribution in [3.8, 4) is 6.07 Å². The maximum atomic E-state index is 11.4. The third kappa shape index (κ3) is 3.29. The molecular weight excluding hydrogens is 230 g/mol. The Labute approximate surface area is 94.2 Å². The number of hydrogen-bond donors (Lipinski definition) is 1. The van der Waals surface area contributed by atoms with Crippen molar-refractivity contribution >= 4 is 10.0 Å². The van der Waals surface area contributed by atoms with Crippen LogP contribution < -0.4 is 4.72 Å². The molecule has 0 aliphatic rings. The molecule has 0 aromatic carbocycles. The van der Waals surface area contributed by atoms with Crippen LogP contribution in [-0.4, -0.2) is 35.0 Å². The normalized spacial score (nSPS) is 13.3. The average molecular weight is 243 g/mol. The van der Waals surface area contributed by atoms with Gasteiger partial charge in [-0.15, -0.1) is 0 Å². The summed E-state index contributed by atoms with van der Waals surface area (Å²) in [4.78, 5) is 3.95. The van der Waals surface area contributed by atoms with E-state index in [0.717, 1.165) is 0 Å². The van der Waals surface area contributed by atoms with Gasteiger partial charge in [0, 0.05) is 20.0 Å². The van der Waals surface area contributed by atoms with E-state index < -0.39 is 15.3 Å². The fourth-order valence-electron chi connectivity index (χ4n) is 0.998. The molecule has 8 heteroatoms. The maximum absolute atomic E-state index is 11.4. The quantitative estimate of drug-likeness (QED) is 0.728. The SMILES string of the molecule is CC(C#N)S(=O)(=O)NCCc1ncn(C)n1. The number of aryl methyl sites for hydroxylation is 1. The number of sulfonamides is 1. The molecule has 16 heavy (non-hydrogen) atoms. The molecule has 0 radical (unpaired) electrons. The van der Waals surface area contributed by atoms with Gasteiger partial charge in [-0.05, 0) is 6.92 Å². The molecule has 0 fully saturated rings. The minimum atomic E-state index is -3.55. The summed E-state index contributed by atoms with van der Waals surface area (Å²) >= 11 is 0. The van der Waals surface area contributed by atoms with Crippen LogP contribution in [0.1, 0.15) is 12.7 Å². The van der Waals surface area contributed by atoms with Crippen molar-refractivity contribution in [2.45, 2.75) is 18.6 Å². The van der Waals surface area contributed by atoms with Crippen LogP contribution in [0.3, 0.4) is 0 Å². The number of aromatic nitrogens is 3. The summed E-state index contributed by atoms with van der Waals surface area (Å²) in [6.07, 6.45) is 1.94. The lowest BCUT2D eigenvalue weighted by atomic mass is 10.4. The summed E-state index contributed by atoms with van der Waals surface area (Å²) in [6.45, 7) is 1.53. The highest BCUT2D eigenvalue weighted by atomic mass is 32.2. The van der Waals surface area contributed by atoms with E-state index in [1.807, 2.05) is 0 Å². The monoisotopic (exact) mass is 243 g/mol. The third-order valence-corrected chi connectivity index (χ3v) is 3.59. The molecule has 1 unspecified atom stereocenters. The average Bonchev–Trinajstić information content (AvgIpc) is 2.62. The zero-order valence-electron chi connectivity index (χ0n) is 9.08. The molecule has 0 saturated carbocycles. The van der Waals surface area contributed by atoms with Gasteiger partial charge in [0.15, 0.2) is 11.1 Å². The second-order valence-electron chi connectivity index (χ2n) is 3.30. The Morgan fingerprint density at radius 3 is 2.88 bits per heavy atom. The Hall–Kier alpha value is -1.46. The van der Waals surface area contributed by atoms with Crippen LogP contribution in [-0.2, 0) is 23.5 Å². The highest BCUT2D eigenvalue weighted by Crippen LogP contribution is 1.96. The van der Waals surface area contributed by atoms with E-state index in [-0.39, 0.29) is 6.54 Å². The van der Waals surface area contributed by atoms with E-state index in [1.165, 1.54) is 6.92 Å². The van der Waals surface area contributed by atoms with Gasteiger partial charge in [-0.25, -0.2) is 18.1 Å². The molecule has 0 amide bonds. The Kier molecular flexibility index (Phi) is 3.98. The van der Waals surface area contributed by atoms with Gasteiger partial charge in [-0.2, -0.15) is 10.4 Å². The fraction of sp³-hybridized carbons (Fsp3) is 0.625. The van der Waals surface area contributed by atoms with E-state index >= 15 is 0 Å². The predicted molar refractivity (Wildman–Crippen MR) is 56.7 cm³/mol. The largest absolute Gasteiger partial charge is 0.256 e. The minimum Gasteiger partial charge on any atom is -0.256 e. The molecule has 0 spiro atoms. The Balaban J connectivity index is 2.45. The standard InChI is InChI=1S/C8H13N5O2S/c1-7(5-9)16(14,15)11-4-3-8-10-6-13(2)12-8/h6-7,11H,3-4H2,1-2H3. The molecule has 1 aromatic rings. The summed E-state index contributed by atoms with van der Waals surface area (Å²) in [5.41, 5.74) is 0. The van der Waals surface area contributed by atoms with Crippen molar-refractivity contribution in [1.29, 1.82) is 5.26 Å². The minimum absolute atomic E-state index is 0.193. The van der Waals surface area contributed by atoms with Gasteiger partial charge in [-0.1, -0.05) is 0 Å². The van der Waals surface area contributed by atoms with Crippen LogP contribution in [0.15, 0.2) is 6.33 Å². The molecule has 1 heterocycles. The maximum Gasteiger partial charge on any atom is 0.227 e. The van der Waals surface area contributed by atoms with Gasteiger partial charge < -0.3 is 0 Å². The van der Waals surface area contributed by atoms with Crippen LogP contribution >= 0.6 is 0 Å². The summed E-state index contributed by atoms with van der Waals surface area (Å²) < 4.78 is 26.6. The molecular formula is C8H13N5O2S. The molecule has 0 aliphatic carbocycles. The molecule has 0 saturated heterocycles. The van der Waals surface area contributed by atoms with Gasteiger partial charge >= 0.3 is 0 Å². The molecule has 0 bridgehead atoms. The Morgan fingerprint density at radius 1 is 1.69 bits per heavy atom. The number of rotatable bonds is 5. The van der Waals surface area contributed by atoms with Crippen molar-refractivity contribution in [1.82, 2.24) is 19.5 Å². The summed E-state index contributed by atoms with van der Waals surface area (Å²) in [5, 5.41) is 11.4. The first-order valence-electron chi connectivity index (χ1n) is 4.68. The summed E-state index contributed by atoms with van der Waals surface area (Å²) in [6, 6.07) is 1.67. The second-order valence-corrected chi connectivity index (χ2v) is 5.38. The zero-order valence-corrected chi connectivity index (χ0v) is 9.90. The van der Waals surface area contributed by atoms with Crippen molar-refractivity contribution < 1.29 is 8.42 Å². The first-order chi connectivity index (χ1) is 7.45. The second kappa shape index (κ2) is 5.05. The van der Waals surface area contributed by atoms with Gasteiger partial charge in [0.05, 0.1) is 6.07 Å². The van der Waals surface area contributed by atoms with Crippen molar-refractivity contribution in [2.75, 3.05) is 6.54 Å². The van der Waals surface area contributed by atoms with E-state index in [0.29, 0.717) is 12.2 Å². The number of nitrogens with zero attached hydrogens (tertiary/aromatic N) is 4. The van der Waals surface area contributed by atoms with Crippen LogP contribution in [0.5, 0.6) is 0 Å².